The van der Waals surface area contributed by atoms with Crippen LogP contribution in [0.3, 0.4) is 0 Å². The number of nitrogens with zero attached hydrogens (tertiary/aromatic N) is 1. The highest BCUT2D eigenvalue weighted by atomic mass is 16.1. The van der Waals surface area contributed by atoms with Crippen molar-refractivity contribution in [2.75, 3.05) is 23.3 Å². The van der Waals surface area contributed by atoms with Gasteiger partial charge < -0.3 is 10.2 Å². The lowest BCUT2D eigenvalue weighted by atomic mass is 10.1. The molecular formula is C16H24N2O. The van der Waals surface area contributed by atoms with Gasteiger partial charge in [-0.05, 0) is 37.3 Å². The third-order valence-corrected chi connectivity index (χ3v) is 3.47. The molecule has 1 heterocycles. The van der Waals surface area contributed by atoms with Crippen LogP contribution in [0.25, 0.3) is 0 Å². The molecule has 1 aliphatic heterocycles. The van der Waals surface area contributed by atoms with Gasteiger partial charge in [-0.15, -0.1) is 0 Å². The summed E-state index contributed by atoms with van der Waals surface area (Å²) in [4.78, 5) is 14.3. The zero-order valence-corrected chi connectivity index (χ0v) is 12.0. The molecule has 1 fully saturated rings. The molecule has 3 nitrogen and oxygen atoms in total. The molecule has 1 aliphatic rings. The number of anilines is 2. The molecule has 0 spiro atoms. The van der Waals surface area contributed by atoms with Gasteiger partial charge >= 0.3 is 0 Å². The first-order valence-corrected chi connectivity index (χ1v) is 7.30. The Morgan fingerprint density at radius 2 is 1.89 bits per heavy atom. The van der Waals surface area contributed by atoms with Crippen LogP contribution in [0.1, 0.15) is 39.5 Å². The second-order valence-electron chi connectivity index (χ2n) is 5.71. The van der Waals surface area contributed by atoms with Gasteiger partial charge in [0.25, 0.3) is 0 Å². The average molecular weight is 260 g/mol. The molecule has 2 rings (SSSR count). The third kappa shape index (κ3) is 3.98. The van der Waals surface area contributed by atoms with Crippen LogP contribution < -0.4 is 10.2 Å². The fourth-order valence-corrected chi connectivity index (χ4v) is 2.56. The Labute approximate surface area is 116 Å². The topological polar surface area (TPSA) is 32.3 Å². The Kier molecular flexibility index (Phi) is 4.83. The monoisotopic (exact) mass is 260 g/mol. The Morgan fingerprint density at radius 1 is 1.21 bits per heavy atom. The molecule has 0 aliphatic carbocycles. The lowest BCUT2D eigenvalue weighted by molar-refractivity contribution is -0.116. The normalized spacial score (nSPS) is 15.6. The van der Waals surface area contributed by atoms with Gasteiger partial charge in [-0.25, -0.2) is 0 Å². The SMILES string of the molecule is CC(C)CC(=O)Nc1ccccc1N1CCCCC1. The fraction of sp³-hybridized carbons (Fsp3) is 0.562. The van der Waals surface area contributed by atoms with Gasteiger partial charge in [-0.2, -0.15) is 0 Å². The number of hydrogen-bond acceptors (Lipinski definition) is 2. The van der Waals surface area contributed by atoms with E-state index in [1.165, 1.54) is 24.9 Å². The molecule has 0 saturated carbocycles. The van der Waals surface area contributed by atoms with Crippen molar-refractivity contribution in [2.45, 2.75) is 39.5 Å². The van der Waals surface area contributed by atoms with E-state index in [1.54, 1.807) is 0 Å². The Morgan fingerprint density at radius 3 is 2.58 bits per heavy atom. The van der Waals surface area contributed by atoms with Gasteiger partial charge in [-0.1, -0.05) is 26.0 Å². The molecule has 1 aromatic carbocycles. The molecular weight excluding hydrogens is 236 g/mol. The molecule has 0 radical (unpaired) electrons. The van der Waals surface area contributed by atoms with E-state index >= 15 is 0 Å². The van der Waals surface area contributed by atoms with E-state index in [2.05, 4.69) is 30.1 Å². The molecule has 104 valence electrons. The lowest BCUT2D eigenvalue weighted by Gasteiger charge is -2.30. The summed E-state index contributed by atoms with van der Waals surface area (Å²) in [7, 11) is 0. The van der Waals surface area contributed by atoms with Crippen LogP contribution in [0.4, 0.5) is 11.4 Å². The van der Waals surface area contributed by atoms with Crippen molar-refractivity contribution in [2.24, 2.45) is 5.92 Å². The number of hydrogen-bond donors (Lipinski definition) is 1. The summed E-state index contributed by atoms with van der Waals surface area (Å²) < 4.78 is 0. The highest BCUT2D eigenvalue weighted by Gasteiger charge is 2.15. The molecule has 1 saturated heterocycles. The number of nitrogens with one attached hydrogen (secondary N) is 1. The molecule has 0 aromatic heterocycles. The quantitative estimate of drug-likeness (QED) is 0.896. The first-order valence-electron chi connectivity index (χ1n) is 7.30. The molecule has 0 bridgehead atoms. The number of piperidine rings is 1. The van der Waals surface area contributed by atoms with Crippen LogP contribution in [-0.4, -0.2) is 19.0 Å². The van der Waals surface area contributed by atoms with Crippen molar-refractivity contribution >= 4 is 17.3 Å². The van der Waals surface area contributed by atoms with E-state index in [4.69, 9.17) is 0 Å². The van der Waals surface area contributed by atoms with Gasteiger partial charge in [0.15, 0.2) is 0 Å². The van der Waals surface area contributed by atoms with Crippen LogP contribution in [0.2, 0.25) is 0 Å². The molecule has 3 heteroatoms. The van der Waals surface area contributed by atoms with E-state index in [0.717, 1.165) is 18.8 Å². The number of rotatable bonds is 4. The minimum Gasteiger partial charge on any atom is -0.370 e. The summed E-state index contributed by atoms with van der Waals surface area (Å²) in [5.74, 6) is 0.501. The second kappa shape index (κ2) is 6.60. The fourth-order valence-electron chi connectivity index (χ4n) is 2.56. The highest BCUT2D eigenvalue weighted by Crippen LogP contribution is 2.28. The predicted octanol–water partition coefficient (Wildman–Crippen LogP) is 3.66. The maximum absolute atomic E-state index is 11.9. The van der Waals surface area contributed by atoms with Gasteiger partial charge in [0.2, 0.25) is 5.91 Å². The molecule has 0 atom stereocenters. The zero-order chi connectivity index (χ0) is 13.7. The lowest BCUT2D eigenvalue weighted by Crippen LogP contribution is -2.30. The second-order valence-corrected chi connectivity index (χ2v) is 5.71. The molecule has 1 aromatic rings. The third-order valence-electron chi connectivity index (χ3n) is 3.47. The summed E-state index contributed by atoms with van der Waals surface area (Å²) in [6.45, 7) is 6.32. The first kappa shape index (κ1) is 13.9. The number of amides is 1. The Bertz CT molecular complexity index is 423. The smallest absolute Gasteiger partial charge is 0.224 e. The molecule has 19 heavy (non-hydrogen) atoms. The van der Waals surface area contributed by atoms with Gasteiger partial charge in [0.05, 0.1) is 11.4 Å². The van der Waals surface area contributed by atoms with Crippen molar-refractivity contribution in [3.8, 4) is 0 Å². The van der Waals surface area contributed by atoms with Crippen LogP contribution in [-0.2, 0) is 4.79 Å². The van der Waals surface area contributed by atoms with Crippen molar-refractivity contribution in [1.82, 2.24) is 0 Å². The predicted molar refractivity (Wildman–Crippen MR) is 80.6 cm³/mol. The first-order chi connectivity index (χ1) is 9.16. The molecule has 1 amide bonds. The Balaban J connectivity index is 2.09. The number of benzene rings is 1. The van der Waals surface area contributed by atoms with Crippen LogP contribution in [0.5, 0.6) is 0 Å². The summed E-state index contributed by atoms with van der Waals surface area (Å²) >= 11 is 0. The maximum atomic E-state index is 11.9. The summed E-state index contributed by atoms with van der Waals surface area (Å²) in [5, 5.41) is 3.06. The minimum atomic E-state index is 0.111. The number of carbonyl (C=O) groups is 1. The maximum Gasteiger partial charge on any atom is 0.224 e. The highest BCUT2D eigenvalue weighted by molar-refractivity contribution is 5.94. The average Bonchev–Trinajstić information content (AvgIpc) is 2.39. The van der Waals surface area contributed by atoms with Gasteiger partial charge in [-0.3, -0.25) is 4.79 Å². The summed E-state index contributed by atoms with van der Waals surface area (Å²) in [6, 6.07) is 8.14. The summed E-state index contributed by atoms with van der Waals surface area (Å²) in [6.07, 6.45) is 4.38. The zero-order valence-electron chi connectivity index (χ0n) is 12.0. The van der Waals surface area contributed by atoms with Crippen LogP contribution in [0.15, 0.2) is 24.3 Å². The van der Waals surface area contributed by atoms with E-state index in [0.29, 0.717) is 12.3 Å². The van der Waals surface area contributed by atoms with Crippen molar-refractivity contribution in [3.63, 3.8) is 0 Å². The molecule has 0 unspecified atom stereocenters. The largest absolute Gasteiger partial charge is 0.370 e. The number of carbonyl (C=O) groups excluding carboxylic acids is 1. The van der Waals surface area contributed by atoms with Crippen LogP contribution >= 0.6 is 0 Å². The standard InChI is InChI=1S/C16H24N2O/c1-13(2)12-16(19)17-14-8-4-5-9-15(14)18-10-6-3-7-11-18/h4-5,8-9,13H,3,6-7,10-12H2,1-2H3,(H,17,19). The molecule has 1 N–H and O–H groups in total. The van der Waals surface area contributed by atoms with E-state index in [9.17, 15) is 4.79 Å². The van der Waals surface area contributed by atoms with Crippen molar-refractivity contribution in [3.05, 3.63) is 24.3 Å². The van der Waals surface area contributed by atoms with E-state index < -0.39 is 0 Å². The van der Waals surface area contributed by atoms with Crippen LogP contribution in [0, 0.1) is 5.92 Å². The number of para-hydroxylation sites is 2. The van der Waals surface area contributed by atoms with Gasteiger partial charge in [0, 0.05) is 19.5 Å². The van der Waals surface area contributed by atoms with Gasteiger partial charge in [0.1, 0.15) is 0 Å². The minimum absolute atomic E-state index is 0.111. The van der Waals surface area contributed by atoms with E-state index in [1.807, 2.05) is 18.2 Å². The Hall–Kier alpha value is -1.51. The van der Waals surface area contributed by atoms with E-state index in [-0.39, 0.29) is 5.91 Å². The summed E-state index contributed by atoms with van der Waals surface area (Å²) in [5.41, 5.74) is 2.12. The van der Waals surface area contributed by atoms with Crippen molar-refractivity contribution < 1.29 is 4.79 Å². The van der Waals surface area contributed by atoms with Crippen molar-refractivity contribution in [1.29, 1.82) is 0 Å².